The van der Waals surface area contributed by atoms with Gasteiger partial charge in [-0.05, 0) is 95.5 Å². The number of ketones is 2. The van der Waals surface area contributed by atoms with Crippen LogP contribution in [-0.2, 0) is 38.1 Å². The van der Waals surface area contributed by atoms with Gasteiger partial charge in [0.05, 0.1) is 30.5 Å². The molecule has 1 amide bonds. The van der Waals surface area contributed by atoms with Crippen molar-refractivity contribution in [2.24, 2.45) is 29.6 Å². The quantitative estimate of drug-likeness (QED) is 0.108. The first-order valence-corrected chi connectivity index (χ1v) is 20.9. The molecule has 2 heterocycles. The van der Waals surface area contributed by atoms with E-state index in [0.717, 1.165) is 10.5 Å². The zero-order chi connectivity index (χ0) is 43.5. The second-order valence-electron chi connectivity index (χ2n) is 17.2. The molecule has 3 aliphatic rings. The zero-order valence-corrected chi connectivity index (χ0v) is 35.9. The van der Waals surface area contributed by atoms with Gasteiger partial charge in [0.2, 0.25) is 5.78 Å². The summed E-state index contributed by atoms with van der Waals surface area (Å²) >= 11 is 0. The van der Waals surface area contributed by atoms with Crippen LogP contribution in [0, 0.1) is 29.6 Å². The van der Waals surface area contributed by atoms with Crippen LogP contribution in [-0.4, -0.2) is 136 Å². The van der Waals surface area contributed by atoms with Crippen LogP contribution in [0.4, 0.5) is 0 Å². The highest BCUT2D eigenvalue weighted by Crippen LogP contribution is 2.33. The number of hydrogen-bond acceptors (Lipinski definition) is 13. The molecule has 58 heavy (non-hydrogen) atoms. The number of fused-ring (bicyclic) bond motifs is 1. The lowest BCUT2D eigenvalue weighted by atomic mass is 9.81. The van der Waals surface area contributed by atoms with Gasteiger partial charge in [0, 0.05) is 52.0 Å². The molecule has 3 rings (SSSR count). The van der Waals surface area contributed by atoms with E-state index in [1.165, 1.54) is 28.3 Å². The van der Waals surface area contributed by atoms with Gasteiger partial charge in [-0.3, -0.25) is 14.4 Å². The molecule has 5 N–H and O–H groups in total. The smallest absolute Gasteiger partial charge is 0.329 e. The van der Waals surface area contributed by atoms with Crippen molar-refractivity contribution in [3.63, 3.8) is 0 Å². The minimum Gasteiger partial charge on any atom is -0.456 e. The van der Waals surface area contributed by atoms with Crippen molar-refractivity contribution in [2.75, 3.05) is 27.9 Å². The molecule has 0 aromatic heterocycles. The number of aliphatic hydroxyl groups is 5. The molecule has 0 aromatic rings. The number of nitrogens with zero attached hydrogens (tertiary/aromatic N) is 1. The van der Waals surface area contributed by atoms with E-state index in [1.54, 1.807) is 19.9 Å². The van der Waals surface area contributed by atoms with Gasteiger partial charge < -0.3 is 49.4 Å². The van der Waals surface area contributed by atoms with Crippen molar-refractivity contribution in [1.82, 2.24) is 4.90 Å². The third-order valence-electron chi connectivity index (χ3n) is 12.5. The maximum absolute atomic E-state index is 14.2. The summed E-state index contributed by atoms with van der Waals surface area (Å²) < 4.78 is 22.9. The number of ether oxygens (including phenoxy) is 4. The van der Waals surface area contributed by atoms with E-state index in [9.17, 15) is 44.7 Å². The Balaban J connectivity index is 2.10. The molecule has 13 atom stereocenters. The molecule has 1 saturated heterocycles. The van der Waals surface area contributed by atoms with E-state index < -0.39 is 83.9 Å². The summed E-state index contributed by atoms with van der Waals surface area (Å²) in [6, 6.07) is -1.28. The minimum atomic E-state index is -3.50. The lowest BCUT2D eigenvalue weighted by Gasteiger charge is -2.39. The first kappa shape index (κ1) is 49.5. The summed E-state index contributed by atoms with van der Waals surface area (Å²) in [7, 11) is 4.35. The third-order valence-corrected chi connectivity index (χ3v) is 12.5. The second-order valence-corrected chi connectivity index (χ2v) is 17.2. The summed E-state index contributed by atoms with van der Waals surface area (Å²) in [5.74, 6) is -9.80. The van der Waals surface area contributed by atoms with Gasteiger partial charge in [-0.2, -0.15) is 0 Å². The van der Waals surface area contributed by atoms with Crippen molar-refractivity contribution >= 4 is 23.4 Å². The molecule has 1 saturated carbocycles. The lowest BCUT2D eigenvalue weighted by molar-refractivity contribution is -0.206. The van der Waals surface area contributed by atoms with Gasteiger partial charge in [-0.1, -0.05) is 44.6 Å². The van der Waals surface area contributed by atoms with Gasteiger partial charge in [-0.25, -0.2) is 4.79 Å². The number of esters is 1. The number of cyclic esters (lactones) is 1. The van der Waals surface area contributed by atoms with Gasteiger partial charge >= 0.3 is 11.8 Å². The van der Waals surface area contributed by atoms with E-state index in [-0.39, 0.29) is 49.5 Å². The minimum absolute atomic E-state index is 0.0337. The van der Waals surface area contributed by atoms with Crippen molar-refractivity contribution < 1.29 is 63.7 Å². The largest absolute Gasteiger partial charge is 0.456 e. The van der Waals surface area contributed by atoms with Crippen LogP contribution in [0.2, 0.25) is 0 Å². The average molecular weight is 822 g/mol. The normalized spacial score (nSPS) is 38.3. The summed E-state index contributed by atoms with van der Waals surface area (Å²) in [6.45, 7) is 12.6. The molecule has 2 aliphatic heterocycles. The number of piperidine rings is 1. The molecular weight excluding hydrogens is 750 g/mol. The molecule has 0 radical (unpaired) electrons. The number of carbonyl (C=O) groups is 4. The Kier molecular flexibility index (Phi) is 19.4. The topological polar surface area (TPSA) is 210 Å². The Morgan fingerprint density at radius 1 is 0.897 bits per heavy atom. The molecular formula is C44H71NO13. The van der Waals surface area contributed by atoms with Crippen LogP contribution in [0.25, 0.3) is 0 Å². The second kappa shape index (κ2) is 22.7. The maximum Gasteiger partial charge on any atom is 0.329 e. The van der Waals surface area contributed by atoms with Crippen LogP contribution in [0.15, 0.2) is 36.0 Å². The first-order valence-electron chi connectivity index (χ1n) is 20.9. The van der Waals surface area contributed by atoms with Crippen LogP contribution in [0.3, 0.4) is 0 Å². The van der Waals surface area contributed by atoms with Crippen LogP contribution >= 0.6 is 0 Å². The SMILES string of the molecule is C=CCC1/C=C(/C)CC(C)CC(OC)C(O)C(OC)CC(C)C(=O)C(O)(O)C(=O)N2CCCCC2C(=O)OC(/C(C)=C/C2CCC(O)C(OC)C2)C(C)C(O)CC1=O. The number of methoxy groups -OCH3 is 3. The molecule has 0 aromatic carbocycles. The first-order chi connectivity index (χ1) is 27.3. The van der Waals surface area contributed by atoms with Crippen LogP contribution < -0.4 is 0 Å². The van der Waals surface area contributed by atoms with Crippen molar-refractivity contribution in [3.8, 4) is 0 Å². The summed E-state index contributed by atoms with van der Waals surface area (Å²) in [6.07, 6.45) is 2.82. The van der Waals surface area contributed by atoms with E-state index in [2.05, 4.69) is 6.58 Å². The highest BCUT2D eigenvalue weighted by Gasteiger charge is 2.51. The summed E-state index contributed by atoms with van der Waals surface area (Å²) in [5, 5.41) is 55.9. The number of carbonyl (C=O) groups excluding carboxylic acids is 4. The molecule has 2 fully saturated rings. The van der Waals surface area contributed by atoms with E-state index in [4.69, 9.17) is 18.9 Å². The van der Waals surface area contributed by atoms with Gasteiger partial charge in [0.1, 0.15) is 24.0 Å². The number of hydrogen-bond donors (Lipinski definition) is 5. The van der Waals surface area contributed by atoms with Crippen molar-refractivity contribution in [2.45, 2.75) is 160 Å². The van der Waals surface area contributed by atoms with E-state index in [0.29, 0.717) is 56.9 Å². The fourth-order valence-corrected chi connectivity index (χ4v) is 9.01. The number of rotatable bonds is 7. The fraction of sp³-hybridized carbons (Fsp3) is 0.773. The fourth-order valence-electron chi connectivity index (χ4n) is 9.01. The van der Waals surface area contributed by atoms with Gasteiger partial charge in [-0.15, -0.1) is 6.58 Å². The van der Waals surface area contributed by atoms with E-state index >= 15 is 0 Å². The molecule has 14 nitrogen and oxygen atoms in total. The average Bonchev–Trinajstić information content (AvgIpc) is 3.19. The number of amides is 1. The lowest BCUT2D eigenvalue weighted by Crippen LogP contribution is -2.61. The molecule has 330 valence electrons. The van der Waals surface area contributed by atoms with Crippen LogP contribution in [0.1, 0.15) is 105 Å². The number of Topliss-reactive ketones (excluding diaryl/α,β-unsaturated/α-hetero) is 2. The van der Waals surface area contributed by atoms with Crippen LogP contribution in [0.5, 0.6) is 0 Å². The number of aliphatic hydroxyl groups excluding tert-OH is 3. The maximum atomic E-state index is 14.2. The van der Waals surface area contributed by atoms with Crippen molar-refractivity contribution in [1.29, 1.82) is 0 Å². The molecule has 13 unspecified atom stereocenters. The Labute approximate surface area is 344 Å². The Hall–Kier alpha value is -2.82. The summed E-state index contributed by atoms with van der Waals surface area (Å²) in [5.41, 5.74) is 1.52. The summed E-state index contributed by atoms with van der Waals surface area (Å²) in [4.78, 5) is 56.6. The molecule has 0 bridgehead atoms. The Morgan fingerprint density at radius 2 is 1.53 bits per heavy atom. The standard InChI is InChI=1S/C44H71NO13/c1-10-13-31-19-25(2)18-26(3)20-37(56-8)39(49)38(57-9)22-28(5)41(50)44(53,54)43(52)45-17-12-11-14-32(45)42(51)58-40(29(6)34(47)24-35(31)48)27(4)21-30-15-16-33(46)36(23-30)55-7/h10,19,21,26,28-34,36-40,46-47,49,53-54H,1,11-18,20,22-24H2,2-9H3/b25-19-,27-21+. The highest BCUT2D eigenvalue weighted by molar-refractivity contribution is 6.08. The van der Waals surface area contributed by atoms with Crippen molar-refractivity contribution in [3.05, 3.63) is 36.0 Å². The van der Waals surface area contributed by atoms with Gasteiger partial charge in [0.15, 0.2) is 0 Å². The monoisotopic (exact) mass is 821 g/mol. The number of allylic oxidation sites excluding steroid dienone is 4. The van der Waals surface area contributed by atoms with E-state index in [1.807, 2.05) is 26.0 Å². The third kappa shape index (κ3) is 12.8. The highest BCUT2D eigenvalue weighted by atomic mass is 16.6. The zero-order valence-electron chi connectivity index (χ0n) is 35.9. The molecule has 14 heteroatoms. The Morgan fingerprint density at radius 3 is 2.16 bits per heavy atom. The Bertz CT molecular complexity index is 1460. The predicted molar refractivity (Wildman–Crippen MR) is 216 cm³/mol. The predicted octanol–water partition coefficient (Wildman–Crippen LogP) is 3.59. The van der Waals surface area contributed by atoms with Gasteiger partial charge in [0.25, 0.3) is 5.91 Å². The molecule has 0 spiro atoms. The molecule has 1 aliphatic carbocycles.